The van der Waals surface area contributed by atoms with Gasteiger partial charge in [-0.3, -0.25) is 4.31 Å². The zero-order chi connectivity index (χ0) is 33.9. The summed E-state index contributed by atoms with van der Waals surface area (Å²) >= 11 is 0. The smallest absolute Gasteiger partial charge is 0.410 e. The average Bonchev–Trinajstić information content (AvgIpc) is 3.37. The molecule has 5 rings (SSSR count). The number of piperazine rings is 1. The first-order valence-corrected chi connectivity index (χ1v) is 17.3. The van der Waals surface area contributed by atoms with Crippen LogP contribution in [0, 0.1) is 13.8 Å². The SMILES string of the molecule is CCOC(=O)c1oc2ccc(S(=O)(=O)N(CCc3ccccc3)c3ccc(N4CCN(C(=O)OC(C)(C)C)CC4)c(C)c3)cc2c1C. The van der Waals surface area contributed by atoms with E-state index in [1.54, 1.807) is 30.9 Å². The molecule has 1 aromatic heterocycles. The number of hydrogen-bond donors (Lipinski definition) is 0. The third kappa shape index (κ3) is 7.56. The van der Waals surface area contributed by atoms with Crippen molar-refractivity contribution >= 4 is 44.4 Å². The van der Waals surface area contributed by atoms with Gasteiger partial charge in [-0.15, -0.1) is 0 Å². The molecule has 11 heteroatoms. The standard InChI is InChI=1S/C36H43N3O7S/c1-7-44-34(40)33-26(3)30-24-29(14-16-32(30)45-33)47(42,43)39(18-17-27-11-9-8-10-12-27)28-13-15-31(25(2)23-28)37-19-21-38(22-20-37)35(41)46-36(4,5)6/h8-16,23-24H,7,17-22H2,1-6H3. The van der Waals surface area contributed by atoms with Crippen molar-refractivity contribution in [3.8, 4) is 0 Å². The number of anilines is 2. The number of benzene rings is 3. The van der Waals surface area contributed by atoms with Crippen LogP contribution in [-0.4, -0.2) is 70.3 Å². The second-order valence-electron chi connectivity index (χ2n) is 12.7. The molecule has 3 aromatic carbocycles. The lowest BCUT2D eigenvalue weighted by atomic mass is 10.1. The maximum absolute atomic E-state index is 14.4. The fourth-order valence-corrected chi connectivity index (χ4v) is 7.23. The minimum Gasteiger partial charge on any atom is -0.460 e. The average molecular weight is 662 g/mol. The van der Waals surface area contributed by atoms with Crippen LogP contribution in [0.15, 0.2) is 76.0 Å². The van der Waals surface area contributed by atoms with E-state index in [1.165, 1.54) is 10.4 Å². The molecule has 0 spiro atoms. The second-order valence-corrected chi connectivity index (χ2v) is 14.5. The van der Waals surface area contributed by atoms with E-state index in [9.17, 15) is 18.0 Å². The van der Waals surface area contributed by atoms with Crippen molar-refractivity contribution in [1.29, 1.82) is 0 Å². The first kappa shape index (κ1) is 33.8. The van der Waals surface area contributed by atoms with E-state index < -0.39 is 21.6 Å². The highest BCUT2D eigenvalue weighted by Gasteiger charge is 2.29. The number of furan rings is 1. The number of ether oxygens (including phenoxy) is 2. The Balaban J connectivity index is 1.43. The van der Waals surface area contributed by atoms with Crippen molar-refractivity contribution in [3.63, 3.8) is 0 Å². The summed E-state index contributed by atoms with van der Waals surface area (Å²) < 4.78 is 46.6. The third-order valence-electron chi connectivity index (χ3n) is 8.14. The van der Waals surface area contributed by atoms with Crippen molar-refractivity contribution in [1.82, 2.24) is 4.90 Å². The van der Waals surface area contributed by atoms with Gasteiger partial charge < -0.3 is 23.7 Å². The van der Waals surface area contributed by atoms with Crippen molar-refractivity contribution in [3.05, 3.63) is 89.2 Å². The summed E-state index contributed by atoms with van der Waals surface area (Å²) in [5, 5.41) is 0.536. The molecule has 0 bridgehead atoms. The Morgan fingerprint density at radius 1 is 0.936 bits per heavy atom. The molecule has 1 aliphatic rings. The quantitative estimate of drug-likeness (QED) is 0.182. The summed E-state index contributed by atoms with van der Waals surface area (Å²) in [6, 6.07) is 20.1. The van der Waals surface area contributed by atoms with E-state index in [0.717, 1.165) is 16.8 Å². The van der Waals surface area contributed by atoms with Crippen LogP contribution < -0.4 is 9.21 Å². The Labute approximate surface area is 276 Å². The van der Waals surface area contributed by atoms with Gasteiger partial charge in [-0.1, -0.05) is 30.3 Å². The third-order valence-corrected chi connectivity index (χ3v) is 9.97. The molecular weight excluding hydrogens is 618 g/mol. The molecule has 1 saturated heterocycles. The molecule has 0 radical (unpaired) electrons. The van der Waals surface area contributed by atoms with Gasteiger partial charge in [0.1, 0.15) is 11.2 Å². The summed E-state index contributed by atoms with van der Waals surface area (Å²) in [7, 11) is -4.04. The largest absolute Gasteiger partial charge is 0.460 e. The molecule has 0 aliphatic carbocycles. The van der Waals surface area contributed by atoms with Crippen LogP contribution in [0.4, 0.5) is 16.2 Å². The first-order valence-electron chi connectivity index (χ1n) is 15.9. The van der Waals surface area contributed by atoms with Crippen LogP contribution in [-0.2, 0) is 25.9 Å². The van der Waals surface area contributed by atoms with Gasteiger partial charge >= 0.3 is 12.1 Å². The predicted octanol–water partition coefficient (Wildman–Crippen LogP) is 6.72. The molecule has 47 heavy (non-hydrogen) atoms. The lowest BCUT2D eigenvalue weighted by Crippen LogP contribution is -2.50. The number of esters is 1. The molecule has 2 heterocycles. The molecule has 0 unspecified atom stereocenters. The van der Waals surface area contributed by atoms with Gasteiger partial charge in [0, 0.05) is 49.4 Å². The number of amides is 1. The Morgan fingerprint density at radius 3 is 2.28 bits per heavy atom. The van der Waals surface area contributed by atoms with Gasteiger partial charge in [-0.05, 0) is 95.5 Å². The monoisotopic (exact) mass is 661 g/mol. The molecular formula is C36H43N3O7S. The lowest BCUT2D eigenvalue weighted by molar-refractivity contribution is 0.0240. The number of aryl methyl sites for hydroxylation is 2. The Kier molecular flexibility index (Phi) is 9.86. The van der Waals surface area contributed by atoms with E-state index in [4.69, 9.17) is 13.9 Å². The number of fused-ring (bicyclic) bond motifs is 1. The molecule has 0 atom stereocenters. The Hall–Kier alpha value is -4.51. The summed E-state index contributed by atoms with van der Waals surface area (Å²) in [6.45, 7) is 13.7. The number of carbonyl (C=O) groups is 2. The highest BCUT2D eigenvalue weighted by molar-refractivity contribution is 7.92. The molecule has 0 N–H and O–H groups in total. The van der Waals surface area contributed by atoms with Crippen LogP contribution in [0.5, 0.6) is 0 Å². The fraction of sp³-hybridized carbons (Fsp3) is 0.389. The highest BCUT2D eigenvalue weighted by Crippen LogP contribution is 2.33. The normalized spacial score (nSPS) is 13.9. The number of sulfonamides is 1. The van der Waals surface area contributed by atoms with Gasteiger partial charge in [-0.25, -0.2) is 18.0 Å². The van der Waals surface area contributed by atoms with Crippen molar-refractivity contribution < 1.29 is 31.9 Å². The van der Waals surface area contributed by atoms with Gasteiger partial charge in [0.2, 0.25) is 5.76 Å². The van der Waals surface area contributed by atoms with E-state index in [2.05, 4.69) is 4.90 Å². The number of hydrogen-bond acceptors (Lipinski definition) is 8. The van der Waals surface area contributed by atoms with E-state index in [-0.39, 0.29) is 29.9 Å². The van der Waals surface area contributed by atoms with Crippen LogP contribution in [0.3, 0.4) is 0 Å². The van der Waals surface area contributed by atoms with Gasteiger partial charge in [0.05, 0.1) is 17.2 Å². The van der Waals surface area contributed by atoms with E-state index in [0.29, 0.717) is 54.8 Å². The van der Waals surface area contributed by atoms with Crippen LogP contribution in [0.25, 0.3) is 11.0 Å². The number of carbonyl (C=O) groups excluding carboxylic acids is 2. The number of rotatable bonds is 9. The maximum atomic E-state index is 14.4. The Morgan fingerprint density at radius 2 is 1.64 bits per heavy atom. The molecule has 250 valence electrons. The minimum atomic E-state index is -4.04. The highest BCUT2D eigenvalue weighted by atomic mass is 32.2. The molecule has 4 aromatic rings. The summed E-state index contributed by atoms with van der Waals surface area (Å²) in [4.78, 5) is 29.0. The topological polar surface area (TPSA) is 110 Å². The second kappa shape index (κ2) is 13.7. The van der Waals surface area contributed by atoms with Gasteiger partial charge in [0.25, 0.3) is 10.0 Å². The molecule has 1 fully saturated rings. The number of nitrogens with zero attached hydrogens (tertiary/aromatic N) is 3. The van der Waals surface area contributed by atoms with Crippen molar-refractivity contribution in [2.75, 3.05) is 48.5 Å². The van der Waals surface area contributed by atoms with Crippen LogP contribution in [0.1, 0.15) is 54.9 Å². The molecule has 0 saturated carbocycles. The fourth-order valence-electron chi connectivity index (χ4n) is 5.75. The van der Waals surface area contributed by atoms with Crippen LogP contribution in [0.2, 0.25) is 0 Å². The maximum Gasteiger partial charge on any atom is 0.410 e. The van der Waals surface area contributed by atoms with Gasteiger partial charge in [0.15, 0.2) is 0 Å². The summed E-state index contributed by atoms with van der Waals surface area (Å²) in [6.07, 6.45) is 0.192. The van der Waals surface area contributed by atoms with E-state index >= 15 is 0 Å². The van der Waals surface area contributed by atoms with Crippen molar-refractivity contribution in [2.24, 2.45) is 0 Å². The molecule has 1 aliphatic heterocycles. The zero-order valence-corrected chi connectivity index (χ0v) is 28.7. The van der Waals surface area contributed by atoms with Gasteiger partial charge in [-0.2, -0.15) is 0 Å². The predicted molar refractivity (Wildman–Crippen MR) is 183 cm³/mol. The first-order chi connectivity index (χ1) is 22.3. The van der Waals surface area contributed by atoms with Crippen LogP contribution >= 0.6 is 0 Å². The van der Waals surface area contributed by atoms with Crippen molar-refractivity contribution in [2.45, 2.75) is 58.5 Å². The Bertz CT molecular complexity index is 1850. The molecule has 10 nitrogen and oxygen atoms in total. The lowest BCUT2D eigenvalue weighted by Gasteiger charge is -2.37. The summed E-state index contributed by atoms with van der Waals surface area (Å²) in [5.74, 6) is -0.521. The minimum absolute atomic E-state index is 0.0653. The summed E-state index contributed by atoms with van der Waals surface area (Å²) in [5.41, 5.74) is 3.86. The van der Waals surface area contributed by atoms with E-state index in [1.807, 2.05) is 76.2 Å². The molecule has 1 amide bonds. The zero-order valence-electron chi connectivity index (χ0n) is 27.9.